The second-order valence-corrected chi connectivity index (χ2v) is 5.22. The molecule has 0 aromatic heterocycles. The fraction of sp³-hybridized carbons (Fsp3) is 0.471. The number of phenols is 1. The van der Waals surface area contributed by atoms with Gasteiger partial charge in [-0.05, 0) is 30.0 Å². The molecule has 0 fully saturated rings. The van der Waals surface area contributed by atoms with Crippen LogP contribution in [0.2, 0.25) is 0 Å². The highest BCUT2D eigenvalue weighted by atomic mass is 16.5. The van der Waals surface area contributed by atoms with E-state index in [1.54, 1.807) is 18.2 Å². The first kappa shape index (κ1) is 17.9. The van der Waals surface area contributed by atoms with Gasteiger partial charge in [-0.1, -0.05) is 19.1 Å². The molecule has 1 aromatic carbocycles. The number of ether oxygens (including phenoxy) is 1. The van der Waals surface area contributed by atoms with Crippen molar-refractivity contribution in [3.63, 3.8) is 0 Å². The van der Waals surface area contributed by atoms with E-state index in [0.29, 0.717) is 12.8 Å². The lowest BCUT2D eigenvalue weighted by Crippen LogP contribution is -2.21. The Balaban J connectivity index is 2.43. The van der Waals surface area contributed by atoms with Gasteiger partial charge in [0.1, 0.15) is 18.3 Å². The summed E-state index contributed by atoms with van der Waals surface area (Å²) < 4.78 is 5.15. The average molecular weight is 306 g/mol. The fourth-order valence-electron chi connectivity index (χ4n) is 2.34. The van der Waals surface area contributed by atoms with E-state index in [1.165, 1.54) is 0 Å². The first-order valence-electron chi connectivity index (χ1n) is 7.43. The molecule has 5 heteroatoms. The predicted molar refractivity (Wildman–Crippen MR) is 81.4 cm³/mol. The molecular formula is C17H22O5. The van der Waals surface area contributed by atoms with Crippen LogP contribution in [0.3, 0.4) is 0 Å². The highest BCUT2D eigenvalue weighted by molar-refractivity contribution is 5.71. The molecule has 0 bridgehead atoms. The van der Waals surface area contributed by atoms with Crippen molar-refractivity contribution in [2.75, 3.05) is 6.61 Å². The highest BCUT2D eigenvalue weighted by Crippen LogP contribution is 2.21. The van der Waals surface area contributed by atoms with Crippen LogP contribution in [0, 0.1) is 11.8 Å². The SMILES string of the molecule is CCC(C=O)[C@@H](CC=O)CC(=O)OCCc1cccc(O)c1. The first-order chi connectivity index (χ1) is 10.6. The van der Waals surface area contributed by atoms with Crippen LogP contribution in [0.15, 0.2) is 24.3 Å². The average Bonchev–Trinajstić information content (AvgIpc) is 2.48. The molecule has 1 rings (SSSR count). The Hall–Kier alpha value is -2.17. The number of carbonyl (C=O) groups excluding carboxylic acids is 3. The van der Waals surface area contributed by atoms with Gasteiger partial charge in [0.15, 0.2) is 0 Å². The number of aldehydes is 2. The summed E-state index contributed by atoms with van der Waals surface area (Å²) in [6, 6.07) is 6.75. The Morgan fingerprint density at radius 3 is 2.73 bits per heavy atom. The third-order valence-corrected chi connectivity index (χ3v) is 3.64. The Morgan fingerprint density at radius 1 is 1.36 bits per heavy atom. The lowest BCUT2D eigenvalue weighted by Gasteiger charge is -2.18. The summed E-state index contributed by atoms with van der Waals surface area (Å²) in [6.07, 6.45) is 2.88. The standard InChI is InChI=1S/C17H22O5/c1-2-14(12-19)15(6-8-18)11-17(21)22-9-7-13-4-3-5-16(20)10-13/h3-5,8,10,12,14-15,20H,2,6-7,9,11H2,1H3/t14?,15-/m0/s1. The van der Waals surface area contributed by atoms with Gasteiger partial charge in [0, 0.05) is 25.2 Å². The van der Waals surface area contributed by atoms with E-state index in [-0.39, 0.29) is 37.0 Å². The zero-order valence-corrected chi connectivity index (χ0v) is 12.7. The summed E-state index contributed by atoms with van der Waals surface area (Å²) in [5, 5.41) is 9.34. The molecule has 0 aliphatic heterocycles. The molecule has 0 aliphatic carbocycles. The Morgan fingerprint density at radius 2 is 2.14 bits per heavy atom. The van der Waals surface area contributed by atoms with Gasteiger partial charge in [-0.25, -0.2) is 0 Å². The number of benzene rings is 1. The van der Waals surface area contributed by atoms with Crippen LogP contribution >= 0.6 is 0 Å². The smallest absolute Gasteiger partial charge is 0.306 e. The van der Waals surface area contributed by atoms with Gasteiger partial charge < -0.3 is 19.4 Å². The zero-order valence-electron chi connectivity index (χ0n) is 12.7. The number of hydrogen-bond donors (Lipinski definition) is 1. The van der Waals surface area contributed by atoms with Crippen LogP contribution in [0.1, 0.15) is 31.7 Å². The van der Waals surface area contributed by atoms with E-state index in [4.69, 9.17) is 4.74 Å². The van der Waals surface area contributed by atoms with Crippen LogP contribution in [-0.4, -0.2) is 30.3 Å². The van der Waals surface area contributed by atoms with Crippen LogP contribution in [0.5, 0.6) is 5.75 Å². The molecule has 22 heavy (non-hydrogen) atoms. The molecule has 0 saturated heterocycles. The topological polar surface area (TPSA) is 80.7 Å². The molecule has 1 aromatic rings. The second kappa shape index (κ2) is 9.71. The normalized spacial score (nSPS) is 13.1. The Labute approximate surface area is 130 Å². The summed E-state index contributed by atoms with van der Waals surface area (Å²) in [7, 11) is 0. The maximum absolute atomic E-state index is 11.8. The Bertz CT molecular complexity index is 498. The number of phenolic OH excluding ortho intramolecular Hbond substituents is 1. The minimum absolute atomic E-state index is 0.0655. The van der Waals surface area contributed by atoms with E-state index in [9.17, 15) is 19.5 Å². The lowest BCUT2D eigenvalue weighted by molar-refractivity contribution is -0.145. The molecule has 0 aliphatic rings. The van der Waals surface area contributed by atoms with Crippen LogP contribution in [-0.2, 0) is 25.5 Å². The quantitative estimate of drug-likeness (QED) is 0.530. The van der Waals surface area contributed by atoms with Crippen molar-refractivity contribution < 1.29 is 24.2 Å². The maximum atomic E-state index is 11.8. The molecule has 120 valence electrons. The van der Waals surface area contributed by atoms with Gasteiger partial charge in [-0.3, -0.25) is 4.79 Å². The van der Waals surface area contributed by atoms with Crippen molar-refractivity contribution in [3.05, 3.63) is 29.8 Å². The lowest BCUT2D eigenvalue weighted by atomic mass is 9.86. The van der Waals surface area contributed by atoms with Crippen LogP contribution in [0.25, 0.3) is 0 Å². The zero-order chi connectivity index (χ0) is 16.4. The van der Waals surface area contributed by atoms with Crippen molar-refractivity contribution in [2.24, 2.45) is 11.8 Å². The van der Waals surface area contributed by atoms with E-state index in [2.05, 4.69) is 0 Å². The second-order valence-electron chi connectivity index (χ2n) is 5.22. The van der Waals surface area contributed by atoms with Crippen molar-refractivity contribution >= 4 is 18.5 Å². The fourth-order valence-corrected chi connectivity index (χ4v) is 2.34. The van der Waals surface area contributed by atoms with Crippen molar-refractivity contribution in [1.82, 2.24) is 0 Å². The molecule has 0 radical (unpaired) electrons. The maximum Gasteiger partial charge on any atom is 0.306 e. The van der Waals surface area contributed by atoms with Crippen LogP contribution in [0.4, 0.5) is 0 Å². The monoisotopic (exact) mass is 306 g/mol. The Kier molecular flexibility index (Phi) is 7.89. The molecule has 0 heterocycles. The number of esters is 1. The van der Waals surface area contributed by atoms with Gasteiger partial charge in [0.25, 0.3) is 0 Å². The van der Waals surface area contributed by atoms with Crippen LogP contribution < -0.4 is 0 Å². The summed E-state index contributed by atoms with van der Waals surface area (Å²) in [5.74, 6) is -0.837. The largest absolute Gasteiger partial charge is 0.508 e. The third kappa shape index (κ3) is 6.08. The minimum Gasteiger partial charge on any atom is -0.508 e. The summed E-state index contributed by atoms with van der Waals surface area (Å²) >= 11 is 0. The van der Waals surface area contributed by atoms with Crippen molar-refractivity contribution in [2.45, 2.75) is 32.6 Å². The molecule has 1 unspecified atom stereocenters. The van der Waals surface area contributed by atoms with Gasteiger partial charge in [0.2, 0.25) is 0 Å². The summed E-state index contributed by atoms with van der Waals surface area (Å²) in [4.78, 5) is 33.5. The highest BCUT2D eigenvalue weighted by Gasteiger charge is 2.22. The van der Waals surface area contributed by atoms with Gasteiger partial charge >= 0.3 is 5.97 Å². The molecule has 1 N–H and O–H groups in total. The molecule has 0 saturated carbocycles. The van der Waals surface area contributed by atoms with Crippen molar-refractivity contribution in [3.8, 4) is 5.75 Å². The summed E-state index contributed by atoms with van der Waals surface area (Å²) in [5.41, 5.74) is 0.872. The van der Waals surface area contributed by atoms with E-state index < -0.39 is 5.97 Å². The van der Waals surface area contributed by atoms with Gasteiger partial charge in [-0.2, -0.15) is 0 Å². The third-order valence-electron chi connectivity index (χ3n) is 3.64. The molecule has 5 nitrogen and oxygen atoms in total. The predicted octanol–water partition coefficient (Wildman–Crippen LogP) is 2.30. The molecular weight excluding hydrogens is 284 g/mol. The first-order valence-corrected chi connectivity index (χ1v) is 7.43. The van der Waals surface area contributed by atoms with E-state index >= 15 is 0 Å². The molecule has 0 spiro atoms. The van der Waals surface area contributed by atoms with E-state index in [0.717, 1.165) is 18.1 Å². The van der Waals surface area contributed by atoms with Gasteiger partial charge in [0.05, 0.1) is 6.61 Å². The number of aromatic hydroxyl groups is 1. The van der Waals surface area contributed by atoms with E-state index in [1.807, 2.05) is 13.0 Å². The molecule has 2 atom stereocenters. The molecule has 0 amide bonds. The number of hydrogen-bond acceptors (Lipinski definition) is 5. The van der Waals surface area contributed by atoms with Gasteiger partial charge in [-0.15, -0.1) is 0 Å². The number of carbonyl (C=O) groups is 3. The number of rotatable bonds is 10. The van der Waals surface area contributed by atoms with Crippen molar-refractivity contribution in [1.29, 1.82) is 0 Å². The summed E-state index contributed by atoms with van der Waals surface area (Å²) in [6.45, 7) is 2.05. The minimum atomic E-state index is -0.410.